The van der Waals surface area contributed by atoms with E-state index in [9.17, 15) is 14.9 Å². The quantitative estimate of drug-likeness (QED) is 0.597. The molecule has 1 rings (SSSR count). The smallest absolute Gasteiger partial charge is 0.283 e. The number of aliphatic hydroxyl groups excluding tert-OH is 1. The van der Waals surface area contributed by atoms with Gasteiger partial charge in [-0.2, -0.15) is 0 Å². The second-order valence-corrected chi connectivity index (χ2v) is 4.85. The summed E-state index contributed by atoms with van der Waals surface area (Å²) in [5, 5.41) is 22.7. The predicted octanol–water partition coefficient (Wildman–Crippen LogP) is 2.39. The Labute approximate surface area is 121 Å². The van der Waals surface area contributed by atoms with Crippen molar-refractivity contribution in [2.24, 2.45) is 5.92 Å². The minimum Gasteiger partial charge on any atom is -0.396 e. The molecule has 1 aromatic rings. The van der Waals surface area contributed by atoms with Gasteiger partial charge in [0.25, 0.3) is 11.6 Å². The normalized spacial score (nSPS) is 11.9. The van der Waals surface area contributed by atoms with E-state index in [1.807, 2.05) is 6.92 Å². The Balaban J connectivity index is 2.79. The van der Waals surface area contributed by atoms with Crippen molar-refractivity contribution in [3.8, 4) is 0 Å². The van der Waals surface area contributed by atoms with Crippen molar-refractivity contribution in [2.45, 2.75) is 19.8 Å². The second kappa shape index (κ2) is 7.81. The molecule has 1 atom stereocenters. The number of rotatable bonds is 7. The maximum Gasteiger partial charge on any atom is 0.283 e. The fourth-order valence-electron chi connectivity index (χ4n) is 1.81. The van der Waals surface area contributed by atoms with Crippen molar-refractivity contribution in [3.05, 3.63) is 38.9 Å². The van der Waals surface area contributed by atoms with Gasteiger partial charge in [-0.25, -0.2) is 0 Å². The Morgan fingerprint density at radius 3 is 2.80 bits per heavy atom. The van der Waals surface area contributed by atoms with E-state index in [-0.39, 0.29) is 28.8 Å². The topological polar surface area (TPSA) is 92.5 Å². The standard InChI is InChI=1S/C13H17ClN2O4/c1-2-9(5-6-17)8-15-13(18)11-4-3-10(14)7-12(11)16(19)20/h3-4,7,9,17H,2,5-6,8H2,1H3,(H,15,18). The lowest BCUT2D eigenvalue weighted by atomic mass is 10.0. The Hall–Kier alpha value is -1.66. The molecule has 0 saturated heterocycles. The van der Waals surface area contributed by atoms with E-state index in [1.165, 1.54) is 12.1 Å². The van der Waals surface area contributed by atoms with Crippen molar-refractivity contribution in [3.63, 3.8) is 0 Å². The fraction of sp³-hybridized carbons (Fsp3) is 0.462. The summed E-state index contributed by atoms with van der Waals surface area (Å²) in [6.07, 6.45) is 1.39. The number of carbonyl (C=O) groups is 1. The van der Waals surface area contributed by atoms with E-state index in [0.29, 0.717) is 13.0 Å². The summed E-state index contributed by atoms with van der Waals surface area (Å²) < 4.78 is 0. The lowest BCUT2D eigenvalue weighted by Crippen LogP contribution is -2.30. The highest BCUT2D eigenvalue weighted by Crippen LogP contribution is 2.23. The van der Waals surface area contributed by atoms with Crippen molar-refractivity contribution >= 4 is 23.2 Å². The van der Waals surface area contributed by atoms with E-state index in [0.717, 1.165) is 12.5 Å². The number of nitro groups is 1. The molecule has 0 fully saturated rings. The molecule has 6 nitrogen and oxygen atoms in total. The van der Waals surface area contributed by atoms with Crippen LogP contribution in [-0.2, 0) is 0 Å². The Morgan fingerprint density at radius 2 is 2.25 bits per heavy atom. The number of benzene rings is 1. The second-order valence-electron chi connectivity index (χ2n) is 4.42. The van der Waals surface area contributed by atoms with Crippen LogP contribution in [0.5, 0.6) is 0 Å². The number of halogens is 1. The summed E-state index contributed by atoms with van der Waals surface area (Å²) in [7, 11) is 0. The number of nitro benzene ring substituents is 1. The summed E-state index contributed by atoms with van der Waals surface area (Å²) in [5.41, 5.74) is -0.330. The van der Waals surface area contributed by atoms with Crippen molar-refractivity contribution in [1.29, 1.82) is 0 Å². The molecule has 0 radical (unpaired) electrons. The van der Waals surface area contributed by atoms with Gasteiger partial charge >= 0.3 is 0 Å². The van der Waals surface area contributed by atoms with Crippen molar-refractivity contribution < 1.29 is 14.8 Å². The SMILES string of the molecule is CCC(CCO)CNC(=O)c1ccc(Cl)cc1[N+](=O)[O-]. The van der Waals surface area contributed by atoms with Gasteiger partial charge in [0.15, 0.2) is 0 Å². The molecule has 0 aliphatic carbocycles. The Kier molecular flexibility index (Phi) is 6.41. The summed E-state index contributed by atoms with van der Waals surface area (Å²) in [5.74, 6) is -0.361. The van der Waals surface area contributed by atoms with Crippen LogP contribution in [0, 0.1) is 16.0 Å². The first-order valence-electron chi connectivity index (χ1n) is 6.32. The number of carbonyl (C=O) groups excluding carboxylic acids is 1. The minimum absolute atomic E-state index is 0.0155. The average Bonchev–Trinajstić information content (AvgIpc) is 2.42. The molecule has 0 saturated carbocycles. The first kappa shape index (κ1) is 16.4. The molecule has 7 heteroatoms. The first-order valence-corrected chi connectivity index (χ1v) is 6.70. The van der Waals surface area contributed by atoms with Crippen LogP contribution < -0.4 is 5.32 Å². The molecular weight excluding hydrogens is 284 g/mol. The van der Waals surface area contributed by atoms with Gasteiger partial charge in [-0.1, -0.05) is 24.9 Å². The lowest BCUT2D eigenvalue weighted by Gasteiger charge is -2.14. The third-order valence-corrected chi connectivity index (χ3v) is 3.30. The molecule has 20 heavy (non-hydrogen) atoms. The number of nitrogens with zero attached hydrogens (tertiary/aromatic N) is 1. The third kappa shape index (κ3) is 4.47. The van der Waals surface area contributed by atoms with E-state index in [1.54, 1.807) is 0 Å². The summed E-state index contributed by atoms with van der Waals surface area (Å²) in [6, 6.07) is 3.93. The molecule has 0 spiro atoms. The zero-order valence-electron chi connectivity index (χ0n) is 11.1. The monoisotopic (exact) mass is 300 g/mol. The number of hydrogen-bond acceptors (Lipinski definition) is 4. The molecular formula is C13H17ClN2O4. The van der Waals surface area contributed by atoms with Crippen LogP contribution in [0.3, 0.4) is 0 Å². The van der Waals surface area contributed by atoms with E-state index < -0.39 is 10.8 Å². The third-order valence-electron chi connectivity index (χ3n) is 3.07. The maximum atomic E-state index is 12.0. The molecule has 1 amide bonds. The van der Waals surface area contributed by atoms with Crippen LogP contribution in [-0.4, -0.2) is 29.1 Å². The van der Waals surface area contributed by atoms with E-state index in [2.05, 4.69) is 5.32 Å². The van der Waals surface area contributed by atoms with Crippen LogP contribution >= 0.6 is 11.6 Å². The Morgan fingerprint density at radius 1 is 1.55 bits per heavy atom. The highest BCUT2D eigenvalue weighted by Gasteiger charge is 2.20. The van der Waals surface area contributed by atoms with Gasteiger partial charge in [-0.05, 0) is 24.5 Å². The van der Waals surface area contributed by atoms with Gasteiger partial charge in [0, 0.05) is 24.2 Å². The van der Waals surface area contributed by atoms with E-state index >= 15 is 0 Å². The zero-order chi connectivity index (χ0) is 15.1. The van der Waals surface area contributed by atoms with Crippen LogP contribution in [0.2, 0.25) is 5.02 Å². The van der Waals surface area contributed by atoms with Crippen molar-refractivity contribution in [1.82, 2.24) is 5.32 Å². The highest BCUT2D eigenvalue weighted by atomic mass is 35.5. The van der Waals surface area contributed by atoms with Crippen LogP contribution in [0.4, 0.5) is 5.69 Å². The average molecular weight is 301 g/mol. The highest BCUT2D eigenvalue weighted by molar-refractivity contribution is 6.31. The van der Waals surface area contributed by atoms with Gasteiger partial charge in [-0.3, -0.25) is 14.9 Å². The lowest BCUT2D eigenvalue weighted by molar-refractivity contribution is -0.385. The van der Waals surface area contributed by atoms with Crippen LogP contribution in [0.1, 0.15) is 30.1 Å². The number of hydrogen-bond donors (Lipinski definition) is 2. The Bertz CT molecular complexity index is 493. The largest absolute Gasteiger partial charge is 0.396 e. The van der Waals surface area contributed by atoms with Gasteiger partial charge in [0.05, 0.1) is 4.92 Å². The number of aliphatic hydroxyl groups is 1. The summed E-state index contributed by atoms with van der Waals surface area (Å²) in [6.45, 7) is 2.38. The predicted molar refractivity (Wildman–Crippen MR) is 75.9 cm³/mol. The van der Waals surface area contributed by atoms with Crippen LogP contribution in [0.25, 0.3) is 0 Å². The summed E-state index contributed by atoms with van der Waals surface area (Å²) >= 11 is 5.69. The number of nitrogens with one attached hydrogen (secondary N) is 1. The molecule has 0 aliphatic heterocycles. The minimum atomic E-state index is -0.633. The van der Waals surface area contributed by atoms with Gasteiger partial charge < -0.3 is 10.4 Å². The molecule has 2 N–H and O–H groups in total. The fourth-order valence-corrected chi connectivity index (χ4v) is 1.98. The molecule has 110 valence electrons. The van der Waals surface area contributed by atoms with E-state index in [4.69, 9.17) is 16.7 Å². The maximum absolute atomic E-state index is 12.0. The molecule has 0 aromatic heterocycles. The van der Waals surface area contributed by atoms with Gasteiger partial charge in [0.2, 0.25) is 0 Å². The summed E-state index contributed by atoms with van der Waals surface area (Å²) in [4.78, 5) is 22.3. The van der Waals surface area contributed by atoms with Crippen LogP contribution in [0.15, 0.2) is 18.2 Å². The molecule has 0 bridgehead atoms. The van der Waals surface area contributed by atoms with Crippen molar-refractivity contribution in [2.75, 3.05) is 13.2 Å². The first-order chi connectivity index (χ1) is 9.49. The molecule has 0 aliphatic rings. The molecule has 0 heterocycles. The molecule has 1 aromatic carbocycles. The van der Waals surface area contributed by atoms with Gasteiger partial charge in [0.1, 0.15) is 5.56 Å². The van der Waals surface area contributed by atoms with Gasteiger partial charge in [-0.15, -0.1) is 0 Å². The number of amides is 1. The zero-order valence-corrected chi connectivity index (χ0v) is 11.9. The molecule has 1 unspecified atom stereocenters.